The fourth-order valence-electron chi connectivity index (χ4n) is 6.11. The Morgan fingerprint density at radius 1 is 0.680 bits per heavy atom. The molecule has 0 bridgehead atoms. The first kappa shape index (κ1) is 35.8. The van der Waals surface area contributed by atoms with Crippen LogP contribution in [0, 0.1) is 5.92 Å². The highest BCUT2D eigenvalue weighted by atomic mass is 16.5. The van der Waals surface area contributed by atoms with E-state index in [9.17, 15) is 24.3 Å². The molecule has 0 spiro atoms. The average Bonchev–Trinajstić information content (AvgIpc) is 3.59. The van der Waals surface area contributed by atoms with Gasteiger partial charge in [0.1, 0.15) is 17.8 Å². The van der Waals surface area contributed by atoms with E-state index in [-0.39, 0.29) is 31.2 Å². The van der Waals surface area contributed by atoms with E-state index in [2.05, 4.69) is 21.3 Å². The molecule has 0 fully saturated rings. The van der Waals surface area contributed by atoms with E-state index in [1.807, 2.05) is 84.9 Å². The zero-order valence-electron chi connectivity index (χ0n) is 28.3. The first-order valence-electron chi connectivity index (χ1n) is 16.8. The van der Waals surface area contributed by atoms with Gasteiger partial charge < -0.3 is 31.1 Å². The van der Waals surface area contributed by atoms with E-state index in [1.165, 1.54) is 0 Å². The molecule has 0 aliphatic heterocycles. The van der Waals surface area contributed by atoms with Gasteiger partial charge in [0, 0.05) is 18.9 Å². The summed E-state index contributed by atoms with van der Waals surface area (Å²) in [5, 5.41) is 22.5. The van der Waals surface area contributed by atoms with Crippen LogP contribution in [0.1, 0.15) is 34.7 Å². The Hall–Kier alpha value is -5.48. The number of nitrogens with one attached hydrogen (secondary N) is 4. The lowest BCUT2D eigenvalue weighted by atomic mass is 9.98. The maximum atomic E-state index is 14.0. The van der Waals surface area contributed by atoms with Crippen molar-refractivity contribution in [3.63, 3.8) is 0 Å². The van der Waals surface area contributed by atoms with E-state index in [4.69, 9.17) is 4.74 Å². The molecule has 50 heavy (non-hydrogen) atoms. The van der Waals surface area contributed by atoms with Crippen LogP contribution >= 0.6 is 0 Å². The normalized spacial score (nSPS) is 14.7. The predicted molar refractivity (Wildman–Crippen MR) is 190 cm³/mol. The Kier molecular flexibility index (Phi) is 12.4. The summed E-state index contributed by atoms with van der Waals surface area (Å²) >= 11 is 0. The second kappa shape index (κ2) is 17.3. The molecule has 1 aliphatic carbocycles. The SMILES string of the molecule is COc1ccc(C[C@H](NC(=O)[C@H](C)NC(=O)C2Cc3ccccc3C2)C(=O)N[C@@H](Cc2ccccc2)C(O)C(=O)NCc2ccccc2)cc1. The third-order valence-electron chi connectivity index (χ3n) is 8.99. The van der Waals surface area contributed by atoms with Gasteiger partial charge in [0.2, 0.25) is 17.7 Å². The lowest BCUT2D eigenvalue weighted by molar-refractivity contribution is -0.134. The third-order valence-corrected chi connectivity index (χ3v) is 8.99. The summed E-state index contributed by atoms with van der Waals surface area (Å²) in [7, 11) is 1.56. The Bertz CT molecular complexity index is 1720. The zero-order chi connectivity index (χ0) is 35.5. The summed E-state index contributed by atoms with van der Waals surface area (Å²) in [6, 6.07) is 30.5. The molecule has 1 aliphatic rings. The highest BCUT2D eigenvalue weighted by Crippen LogP contribution is 2.26. The number of aliphatic hydroxyl groups excluding tert-OH is 1. The average molecular weight is 677 g/mol. The number of ether oxygens (including phenoxy) is 1. The predicted octanol–water partition coefficient (Wildman–Crippen LogP) is 3.05. The molecule has 5 N–H and O–H groups in total. The van der Waals surface area contributed by atoms with E-state index in [0.29, 0.717) is 18.6 Å². The maximum absolute atomic E-state index is 14.0. The second-order valence-corrected chi connectivity index (χ2v) is 12.7. The van der Waals surface area contributed by atoms with E-state index >= 15 is 0 Å². The molecule has 0 saturated carbocycles. The first-order valence-corrected chi connectivity index (χ1v) is 16.8. The van der Waals surface area contributed by atoms with Gasteiger partial charge in [-0.2, -0.15) is 0 Å². The third kappa shape index (κ3) is 9.79. The minimum Gasteiger partial charge on any atom is -0.497 e. The maximum Gasteiger partial charge on any atom is 0.251 e. The number of aliphatic hydroxyl groups is 1. The summed E-state index contributed by atoms with van der Waals surface area (Å²) < 4.78 is 5.27. The van der Waals surface area contributed by atoms with Crippen molar-refractivity contribution in [1.82, 2.24) is 21.3 Å². The van der Waals surface area contributed by atoms with Gasteiger partial charge in [0.25, 0.3) is 5.91 Å². The molecule has 10 nitrogen and oxygen atoms in total. The molecule has 0 radical (unpaired) electrons. The van der Waals surface area contributed by atoms with Crippen LogP contribution in [0.3, 0.4) is 0 Å². The van der Waals surface area contributed by atoms with Crippen LogP contribution in [0.5, 0.6) is 5.75 Å². The number of amides is 4. The summed E-state index contributed by atoms with van der Waals surface area (Å²) in [5.74, 6) is -1.65. The number of rotatable bonds is 15. The highest BCUT2D eigenvalue weighted by Gasteiger charge is 2.33. The Balaban J connectivity index is 1.30. The molecular formula is C40H44N4O6. The second-order valence-electron chi connectivity index (χ2n) is 12.7. The summed E-state index contributed by atoms with van der Waals surface area (Å²) in [4.78, 5) is 53.9. The van der Waals surface area contributed by atoms with Gasteiger partial charge in [-0.3, -0.25) is 19.2 Å². The first-order chi connectivity index (χ1) is 24.2. The van der Waals surface area contributed by atoms with E-state index < -0.39 is 42.0 Å². The molecular weight excluding hydrogens is 632 g/mol. The lowest BCUT2D eigenvalue weighted by Gasteiger charge is -2.27. The van der Waals surface area contributed by atoms with Crippen molar-refractivity contribution < 1.29 is 29.0 Å². The molecule has 4 aromatic carbocycles. The van der Waals surface area contributed by atoms with Crippen molar-refractivity contribution >= 4 is 23.6 Å². The van der Waals surface area contributed by atoms with Crippen LogP contribution in [0.4, 0.5) is 0 Å². The minimum absolute atomic E-state index is 0.106. The van der Waals surface area contributed by atoms with Crippen LogP contribution in [0.25, 0.3) is 0 Å². The van der Waals surface area contributed by atoms with Crippen LogP contribution < -0.4 is 26.0 Å². The van der Waals surface area contributed by atoms with Gasteiger partial charge in [-0.1, -0.05) is 97.1 Å². The van der Waals surface area contributed by atoms with Crippen LogP contribution in [-0.4, -0.2) is 60.1 Å². The van der Waals surface area contributed by atoms with Gasteiger partial charge in [0.15, 0.2) is 6.10 Å². The van der Waals surface area contributed by atoms with Gasteiger partial charge in [-0.05, 0) is 66.1 Å². The Morgan fingerprint density at radius 3 is 1.84 bits per heavy atom. The van der Waals surface area contributed by atoms with Crippen molar-refractivity contribution in [3.8, 4) is 5.75 Å². The molecule has 10 heteroatoms. The van der Waals surface area contributed by atoms with E-state index in [0.717, 1.165) is 27.8 Å². The zero-order valence-corrected chi connectivity index (χ0v) is 28.3. The molecule has 260 valence electrons. The number of carbonyl (C=O) groups excluding carboxylic acids is 4. The largest absolute Gasteiger partial charge is 0.497 e. The quantitative estimate of drug-likeness (QED) is 0.131. The van der Waals surface area contributed by atoms with Crippen molar-refractivity contribution in [2.45, 2.75) is 63.4 Å². The number of hydrogen-bond donors (Lipinski definition) is 5. The topological polar surface area (TPSA) is 146 Å². The molecule has 0 aromatic heterocycles. The number of fused-ring (bicyclic) bond motifs is 1. The smallest absolute Gasteiger partial charge is 0.251 e. The Labute approximate surface area is 292 Å². The van der Waals surface area contributed by atoms with Crippen LogP contribution in [-0.2, 0) is 51.4 Å². The summed E-state index contributed by atoms with van der Waals surface area (Å²) in [6.07, 6.45) is -0.124. The van der Waals surface area contributed by atoms with Crippen molar-refractivity contribution in [2.75, 3.05) is 7.11 Å². The van der Waals surface area contributed by atoms with Crippen molar-refractivity contribution in [2.24, 2.45) is 5.92 Å². The van der Waals surface area contributed by atoms with Crippen LogP contribution in [0.2, 0.25) is 0 Å². The molecule has 4 amide bonds. The van der Waals surface area contributed by atoms with E-state index in [1.54, 1.807) is 38.3 Å². The van der Waals surface area contributed by atoms with Gasteiger partial charge in [-0.25, -0.2) is 0 Å². The molecule has 5 rings (SSSR count). The van der Waals surface area contributed by atoms with Crippen molar-refractivity contribution in [3.05, 3.63) is 137 Å². The lowest BCUT2D eigenvalue weighted by Crippen LogP contribution is -2.58. The molecule has 4 atom stereocenters. The molecule has 0 saturated heterocycles. The van der Waals surface area contributed by atoms with Gasteiger partial charge >= 0.3 is 0 Å². The van der Waals surface area contributed by atoms with Gasteiger partial charge in [0.05, 0.1) is 13.2 Å². The minimum atomic E-state index is -1.59. The summed E-state index contributed by atoms with van der Waals surface area (Å²) in [6.45, 7) is 1.78. The van der Waals surface area contributed by atoms with Crippen LogP contribution in [0.15, 0.2) is 109 Å². The number of methoxy groups -OCH3 is 1. The molecule has 1 unspecified atom stereocenters. The monoisotopic (exact) mass is 676 g/mol. The number of benzene rings is 4. The fraction of sp³-hybridized carbons (Fsp3) is 0.300. The Morgan fingerprint density at radius 2 is 1.24 bits per heavy atom. The number of carbonyl (C=O) groups is 4. The van der Waals surface area contributed by atoms with Crippen molar-refractivity contribution in [1.29, 1.82) is 0 Å². The molecule has 4 aromatic rings. The summed E-state index contributed by atoms with van der Waals surface area (Å²) in [5.41, 5.74) is 4.66. The van der Waals surface area contributed by atoms with Gasteiger partial charge in [-0.15, -0.1) is 0 Å². The fourth-order valence-corrected chi connectivity index (χ4v) is 6.11. The number of hydrogen-bond acceptors (Lipinski definition) is 6. The highest BCUT2D eigenvalue weighted by molar-refractivity contribution is 5.93. The molecule has 0 heterocycles. The standard InChI is InChI=1S/C40H44N4O6/c1-26(42-38(47)32-23-30-15-9-10-16-31(30)24-32)37(46)44-35(22-28-17-19-33(50-2)20-18-28)39(48)43-34(21-27-11-5-3-6-12-27)36(45)40(49)41-25-29-13-7-4-8-14-29/h3-20,26,32,34-36,45H,21-25H2,1-2H3,(H,41,49)(H,42,47)(H,43,48)(H,44,46)/t26-,34-,35-,36?/m0/s1.